The zero-order chi connectivity index (χ0) is 22.5. The Kier molecular flexibility index (Phi) is 33.8. The molecule has 0 saturated heterocycles. The first-order valence-corrected chi connectivity index (χ1v) is 10.8. The molecule has 0 amide bonds. The van der Waals surface area contributed by atoms with Crippen molar-refractivity contribution >= 4 is 39.5 Å². The fraction of sp³-hybridized carbons (Fsp3) is 0. The molecule has 0 aromatic rings. The summed E-state index contributed by atoms with van der Waals surface area (Å²) in [5, 5.41) is 0. The largest absolute Gasteiger partial charge is 5.00 e. The summed E-state index contributed by atoms with van der Waals surface area (Å²) in [4.78, 5) is 84.4. The van der Waals surface area contributed by atoms with E-state index in [-0.39, 0.29) is 37.1 Å². The van der Waals surface area contributed by atoms with Crippen LogP contribution in [0.25, 0.3) is 0 Å². The molecule has 0 spiro atoms. The maximum atomic E-state index is 10.1. The van der Waals surface area contributed by atoms with Gasteiger partial charge in [0, 0.05) is 0 Å². The second kappa shape index (κ2) is 19.5. The molecule has 27 heteroatoms. The van der Waals surface area contributed by atoms with Crippen LogP contribution in [-0.2, 0) is 59.9 Å². The minimum absolute atomic E-state index is 0. The Hall–Kier alpha value is 1.57. The van der Waals surface area contributed by atoms with Gasteiger partial charge in [0.1, 0.15) is 39.5 Å². The number of hydrogen-bond donors (Lipinski definition) is 0. The van der Waals surface area contributed by atoms with Crippen LogP contribution in [-0.4, -0.2) is 0 Å². The normalized spacial score (nSPS) is 10.9. The van der Waals surface area contributed by atoms with E-state index in [1.807, 2.05) is 0 Å². The molecule has 0 aliphatic rings. The Morgan fingerprint density at radius 1 is 0.333 bits per heavy atom. The van der Waals surface area contributed by atoms with Crippen molar-refractivity contribution in [3.8, 4) is 0 Å². The van der Waals surface area contributed by atoms with Gasteiger partial charge in [-0.25, -0.2) is 21.0 Å². The molecule has 0 radical (unpaired) electrons. The monoisotopic (exact) mass is 592 g/mol. The van der Waals surface area contributed by atoms with Gasteiger partial charge in [-0.3, -0.25) is 0 Å². The first-order valence-electron chi connectivity index (χ1n) is 3.58. The summed E-state index contributed by atoms with van der Waals surface area (Å²) in [6.07, 6.45) is 0. The summed E-state index contributed by atoms with van der Waals surface area (Å²) in [6.45, 7) is 0. The zero-order valence-corrected chi connectivity index (χ0v) is 18.4. The van der Waals surface area contributed by atoms with Gasteiger partial charge in [0.15, 0.2) is 0 Å². The van der Waals surface area contributed by atoms with Crippen molar-refractivity contribution in [1.29, 1.82) is 0 Å². The zero-order valence-electron chi connectivity index (χ0n) is 11.1. The Bertz CT molecular complexity index is 392. The first kappa shape index (κ1) is 46.7. The van der Waals surface area contributed by atoms with Crippen LogP contribution in [0.15, 0.2) is 0 Å². The number of hydrogen-bond acceptors (Lipinski definition) is 15. The summed E-state index contributed by atoms with van der Waals surface area (Å²) in [5.41, 5.74) is 0. The Balaban J connectivity index is -0.0000000364. The van der Waals surface area contributed by atoms with Crippen LogP contribution in [0.2, 0.25) is 0 Å². The van der Waals surface area contributed by atoms with Crippen LogP contribution in [0.1, 0.15) is 0 Å². The molecule has 15 nitrogen and oxygen atoms in total. The van der Waals surface area contributed by atoms with Crippen molar-refractivity contribution in [2.45, 2.75) is 0 Å². The third-order valence-corrected chi connectivity index (χ3v) is 0. The van der Waals surface area contributed by atoms with Gasteiger partial charge in [-0.05, 0) is 0 Å². The summed E-state index contributed by atoms with van der Waals surface area (Å²) in [7, 11) is -28.2. The molecule has 160 valence electrons. The predicted octanol–water partition coefficient (Wildman–Crippen LogP) is -6.08. The first-order chi connectivity index (χ1) is 10.0. The predicted molar refractivity (Wildman–Crippen MR) is 43.6 cm³/mol. The van der Waals surface area contributed by atoms with Gasteiger partial charge >= 0.3 is 37.1 Å². The van der Waals surface area contributed by atoms with Crippen LogP contribution in [0.3, 0.4) is 0 Å². The van der Waals surface area contributed by atoms with E-state index in [4.69, 9.17) is 71.8 Å². The molecule has 0 aliphatic heterocycles. The van der Waals surface area contributed by atoms with Crippen molar-refractivity contribution in [3.63, 3.8) is 0 Å². The molecule has 0 bridgehead atoms. The molecular weight excluding hydrogens is 592 g/mol. The molecular formula is F5O15P5V2. The third-order valence-electron chi connectivity index (χ3n) is 0. The number of rotatable bonds is 0. The van der Waals surface area contributed by atoms with Gasteiger partial charge in [0.05, 0.1) is 0 Å². The van der Waals surface area contributed by atoms with Crippen LogP contribution in [0, 0.1) is 0 Å². The summed E-state index contributed by atoms with van der Waals surface area (Å²) in [6, 6.07) is 0. The van der Waals surface area contributed by atoms with E-state index in [1.54, 1.807) is 0 Å². The maximum Gasteiger partial charge on any atom is 5.00 e. The third kappa shape index (κ3) is 7320. The Labute approximate surface area is 169 Å². The van der Waals surface area contributed by atoms with Crippen molar-refractivity contribution in [3.05, 3.63) is 0 Å². The van der Waals surface area contributed by atoms with E-state index in [1.165, 1.54) is 0 Å². The van der Waals surface area contributed by atoms with Crippen molar-refractivity contribution in [2.24, 2.45) is 0 Å². The molecule has 0 aromatic carbocycles. The number of halogens is 5. The van der Waals surface area contributed by atoms with Crippen molar-refractivity contribution in [2.75, 3.05) is 0 Å². The standard InChI is InChI=1S/5FH2O3P.2V/c5*1-5(2,3)4;;/h5*(H2,2,3,4);;/q;;;;;2*+5/p-10. The molecule has 0 atom stereocenters. The van der Waals surface area contributed by atoms with Crippen LogP contribution < -0.4 is 48.9 Å². The molecule has 0 saturated carbocycles. The quantitative estimate of drug-likeness (QED) is 0.187. The van der Waals surface area contributed by atoms with E-state index < -0.39 is 39.5 Å². The molecule has 0 N–H and O–H groups in total. The second-order valence-electron chi connectivity index (χ2n) is 2.15. The molecule has 0 heterocycles. The van der Waals surface area contributed by atoms with Gasteiger partial charge in [0.25, 0.3) is 0 Å². The summed E-state index contributed by atoms with van der Waals surface area (Å²) in [5.74, 6) is 0. The molecule has 0 fully saturated rings. The van der Waals surface area contributed by atoms with E-state index in [2.05, 4.69) is 0 Å². The van der Waals surface area contributed by atoms with Gasteiger partial charge in [0.2, 0.25) is 0 Å². The van der Waals surface area contributed by atoms with Gasteiger partial charge in [-0.2, -0.15) is 0 Å². The van der Waals surface area contributed by atoms with Gasteiger partial charge in [-0.1, -0.05) is 0 Å². The van der Waals surface area contributed by atoms with Gasteiger partial charge < -0.3 is 71.8 Å². The molecule has 0 unspecified atom stereocenters. The van der Waals surface area contributed by atoms with Crippen molar-refractivity contribution in [1.82, 2.24) is 0 Å². The topological polar surface area (TPSA) is 316 Å². The minimum Gasteiger partial charge on any atom is -0.786 e. The van der Waals surface area contributed by atoms with Crippen molar-refractivity contribution < 1.29 is 130 Å². The SMILES string of the molecule is O=P([O-])([O-])F.O=P([O-])([O-])F.O=P([O-])([O-])F.O=P([O-])([O-])F.O=P([O-])([O-])F.[V+5].[V+5]. The van der Waals surface area contributed by atoms with Crippen LogP contribution in [0.5, 0.6) is 0 Å². The van der Waals surface area contributed by atoms with E-state index in [9.17, 15) is 21.0 Å². The fourth-order valence-electron chi connectivity index (χ4n) is 0. The average Bonchev–Trinajstić information content (AvgIpc) is 1.79. The van der Waals surface area contributed by atoms with Gasteiger partial charge in [-0.15, -0.1) is 0 Å². The smallest absolute Gasteiger partial charge is 0.786 e. The molecule has 27 heavy (non-hydrogen) atoms. The molecule has 0 rings (SSSR count). The average molecular weight is 592 g/mol. The molecule has 0 aliphatic carbocycles. The maximum absolute atomic E-state index is 10.1. The van der Waals surface area contributed by atoms with E-state index in [0.29, 0.717) is 0 Å². The summed E-state index contributed by atoms with van der Waals surface area (Å²) >= 11 is 0. The Morgan fingerprint density at radius 2 is 0.333 bits per heavy atom. The van der Waals surface area contributed by atoms with Crippen LogP contribution >= 0.6 is 39.5 Å². The fourth-order valence-corrected chi connectivity index (χ4v) is 0. The molecule has 0 aromatic heterocycles. The second-order valence-corrected chi connectivity index (χ2v) is 6.46. The minimum atomic E-state index is -5.64. The summed E-state index contributed by atoms with van der Waals surface area (Å²) < 4.78 is 92.8. The van der Waals surface area contributed by atoms with E-state index >= 15 is 0 Å². The van der Waals surface area contributed by atoms with E-state index in [0.717, 1.165) is 0 Å². The van der Waals surface area contributed by atoms with Crippen LogP contribution in [0.4, 0.5) is 21.0 Å². The Morgan fingerprint density at radius 3 is 0.333 bits per heavy atom.